The molecule has 3 rings (SSSR count). The molecule has 3 N–H and O–H groups in total. The average Bonchev–Trinajstić information content (AvgIpc) is 2.72. The molecule has 164 valence electrons. The number of rotatable bonds is 8. The molecule has 2 heterocycles. The van der Waals surface area contributed by atoms with Gasteiger partial charge in [0.25, 0.3) is 0 Å². The number of pyridine rings is 1. The highest BCUT2D eigenvalue weighted by Crippen LogP contribution is 2.23. The molecule has 0 bridgehead atoms. The van der Waals surface area contributed by atoms with Crippen molar-refractivity contribution in [3.8, 4) is 0 Å². The molecule has 0 saturated carbocycles. The van der Waals surface area contributed by atoms with Gasteiger partial charge in [0.05, 0.1) is 4.90 Å². The third kappa shape index (κ3) is 6.47. The lowest BCUT2D eigenvalue weighted by Gasteiger charge is -2.19. The number of aromatic nitrogens is 3. The first kappa shape index (κ1) is 22.6. The number of aryl methyl sites for hydroxylation is 1. The second kappa shape index (κ2) is 9.40. The van der Waals surface area contributed by atoms with Gasteiger partial charge in [0.15, 0.2) is 5.82 Å². The molecule has 0 spiro atoms. The Labute approximate surface area is 183 Å². The molecule has 0 atom stereocenters. The summed E-state index contributed by atoms with van der Waals surface area (Å²) in [7, 11) is -3.56. The highest BCUT2D eigenvalue weighted by Gasteiger charge is 2.17. The SMILES string of the molecule is Cc1ccnc(Nc2ccc(NCCNS(=O)(=O)c3ccc(C(C)(C)C)cc3)nn2)c1. The van der Waals surface area contributed by atoms with Crippen LogP contribution in [0.3, 0.4) is 0 Å². The fourth-order valence-corrected chi connectivity index (χ4v) is 3.85. The van der Waals surface area contributed by atoms with Gasteiger partial charge in [-0.3, -0.25) is 0 Å². The van der Waals surface area contributed by atoms with Gasteiger partial charge in [0.2, 0.25) is 10.0 Å². The summed E-state index contributed by atoms with van der Waals surface area (Å²) in [4.78, 5) is 4.47. The summed E-state index contributed by atoms with van der Waals surface area (Å²) in [6, 6.07) is 14.3. The van der Waals surface area contributed by atoms with Crippen LogP contribution < -0.4 is 15.4 Å². The normalized spacial score (nSPS) is 11.9. The molecule has 0 radical (unpaired) electrons. The lowest BCUT2D eigenvalue weighted by Crippen LogP contribution is -2.29. The number of sulfonamides is 1. The molecule has 1 aromatic carbocycles. The van der Waals surface area contributed by atoms with Gasteiger partial charge in [-0.05, 0) is 59.9 Å². The lowest BCUT2D eigenvalue weighted by atomic mass is 9.87. The molecule has 0 aliphatic carbocycles. The molecule has 0 unspecified atom stereocenters. The molecule has 8 nitrogen and oxygen atoms in total. The van der Waals surface area contributed by atoms with Gasteiger partial charge in [0.1, 0.15) is 11.6 Å². The fraction of sp³-hybridized carbons (Fsp3) is 0.318. The van der Waals surface area contributed by atoms with Crippen LogP contribution in [0.1, 0.15) is 31.9 Å². The van der Waals surface area contributed by atoms with Gasteiger partial charge in [-0.15, -0.1) is 10.2 Å². The van der Waals surface area contributed by atoms with Crippen LogP contribution in [0.25, 0.3) is 0 Å². The number of nitrogens with zero attached hydrogens (tertiary/aromatic N) is 3. The summed E-state index contributed by atoms with van der Waals surface area (Å²) >= 11 is 0. The van der Waals surface area contributed by atoms with E-state index in [1.54, 1.807) is 30.5 Å². The second-order valence-corrected chi connectivity index (χ2v) is 10.0. The standard InChI is InChI=1S/C22H28N6O2S/c1-16-11-12-23-21(15-16)26-20-10-9-19(27-28-20)24-13-14-25-31(29,30)18-7-5-17(6-8-18)22(2,3)4/h5-12,15,25H,13-14H2,1-4H3,(H,24,27)(H,23,26,28). The first-order chi connectivity index (χ1) is 14.6. The van der Waals surface area contributed by atoms with Crippen molar-refractivity contribution in [3.05, 3.63) is 65.9 Å². The smallest absolute Gasteiger partial charge is 0.240 e. The predicted molar refractivity (Wildman–Crippen MR) is 123 cm³/mol. The monoisotopic (exact) mass is 440 g/mol. The van der Waals surface area contributed by atoms with Gasteiger partial charge < -0.3 is 10.6 Å². The van der Waals surface area contributed by atoms with Crippen LogP contribution in [0, 0.1) is 6.92 Å². The highest BCUT2D eigenvalue weighted by molar-refractivity contribution is 7.89. The van der Waals surface area contributed by atoms with E-state index in [2.05, 4.69) is 51.3 Å². The Morgan fingerprint density at radius 3 is 2.16 bits per heavy atom. The van der Waals surface area contributed by atoms with Crippen LogP contribution in [0.2, 0.25) is 0 Å². The van der Waals surface area contributed by atoms with Gasteiger partial charge >= 0.3 is 0 Å². The minimum Gasteiger partial charge on any atom is -0.367 e. The zero-order chi connectivity index (χ0) is 22.5. The Morgan fingerprint density at radius 2 is 1.55 bits per heavy atom. The minimum atomic E-state index is -3.56. The van der Waals surface area contributed by atoms with Crippen molar-refractivity contribution in [2.24, 2.45) is 0 Å². The highest BCUT2D eigenvalue weighted by atomic mass is 32.2. The van der Waals surface area contributed by atoms with Gasteiger partial charge in [-0.1, -0.05) is 32.9 Å². The van der Waals surface area contributed by atoms with E-state index in [-0.39, 0.29) is 16.9 Å². The number of anilines is 3. The largest absolute Gasteiger partial charge is 0.367 e. The Morgan fingerprint density at radius 1 is 0.871 bits per heavy atom. The molecular weight excluding hydrogens is 412 g/mol. The van der Waals surface area contributed by atoms with Crippen molar-refractivity contribution >= 4 is 27.5 Å². The maximum atomic E-state index is 12.5. The maximum Gasteiger partial charge on any atom is 0.240 e. The second-order valence-electron chi connectivity index (χ2n) is 8.25. The minimum absolute atomic E-state index is 0.0255. The maximum absolute atomic E-state index is 12.5. The molecule has 3 aromatic rings. The number of benzene rings is 1. The van der Waals surface area contributed by atoms with E-state index in [1.807, 2.05) is 31.2 Å². The summed E-state index contributed by atoms with van der Waals surface area (Å²) in [6.07, 6.45) is 1.72. The van der Waals surface area contributed by atoms with E-state index >= 15 is 0 Å². The third-order valence-electron chi connectivity index (χ3n) is 4.59. The van der Waals surface area contributed by atoms with Crippen LogP contribution in [-0.4, -0.2) is 36.7 Å². The van der Waals surface area contributed by atoms with Crippen molar-refractivity contribution < 1.29 is 8.42 Å². The van der Waals surface area contributed by atoms with Gasteiger partial charge in [-0.2, -0.15) is 0 Å². The molecule has 2 aromatic heterocycles. The Balaban J connectivity index is 1.48. The predicted octanol–water partition coefficient (Wildman–Crippen LogP) is 3.61. The van der Waals surface area contributed by atoms with E-state index < -0.39 is 10.0 Å². The first-order valence-electron chi connectivity index (χ1n) is 10.0. The zero-order valence-electron chi connectivity index (χ0n) is 18.2. The van der Waals surface area contributed by atoms with Crippen molar-refractivity contribution in [2.75, 3.05) is 23.7 Å². The Bertz CT molecular complexity index is 1110. The summed E-state index contributed by atoms with van der Waals surface area (Å²) in [5, 5.41) is 14.3. The van der Waals surface area contributed by atoms with E-state index in [0.717, 1.165) is 11.1 Å². The topological polar surface area (TPSA) is 109 Å². The number of nitrogens with one attached hydrogen (secondary N) is 3. The van der Waals surface area contributed by atoms with Crippen LogP contribution in [0.5, 0.6) is 0 Å². The Hall–Kier alpha value is -3.04. The number of hydrogen-bond acceptors (Lipinski definition) is 7. The number of hydrogen-bond donors (Lipinski definition) is 3. The van der Waals surface area contributed by atoms with E-state index in [4.69, 9.17) is 0 Å². The van der Waals surface area contributed by atoms with Crippen LogP contribution in [0.4, 0.5) is 17.5 Å². The summed E-state index contributed by atoms with van der Waals surface area (Å²) in [5.74, 6) is 1.82. The van der Waals surface area contributed by atoms with Crippen molar-refractivity contribution in [1.29, 1.82) is 0 Å². The molecule has 0 saturated heterocycles. The molecule has 0 fully saturated rings. The molecule has 0 aliphatic heterocycles. The van der Waals surface area contributed by atoms with Crippen LogP contribution in [0.15, 0.2) is 59.6 Å². The Kier molecular flexibility index (Phi) is 6.87. The van der Waals surface area contributed by atoms with Crippen molar-refractivity contribution in [1.82, 2.24) is 19.9 Å². The third-order valence-corrected chi connectivity index (χ3v) is 6.07. The molecule has 0 aliphatic rings. The van der Waals surface area contributed by atoms with Crippen LogP contribution in [-0.2, 0) is 15.4 Å². The van der Waals surface area contributed by atoms with E-state index in [0.29, 0.717) is 24.0 Å². The lowest BCUT2D eigenvalue weighted by molar-refractivity contribution is 0.579. The van der Waals surface area contributed by atoms with E-state index in [1.165, 1.54) is 0 Å². The average molecular weight is 441 g/mol. The van der Waals surface area contributed by atoms with Crippen molar-refractivity contribution in [3.63, 3.8) is 0 Å². The molecule has 31 heavy (non-hydrogen) atoms. The summed E-state index contributed by atoms with van der Waals surface area (Å²) in [6.45, 7) is 8.85. The zero-order valence-corrected chi connectivity index (χ0v) is 19.0. The van der Waals surface area contributed by atoms with Gasteiger partial charge in [0, 0.05) is 19.3 Å². The first-order valence-corrected chi connectivity index (χ1v) is 11.5. The molecular formula is C22H28N6O2S. The summed E-state index contributed by atoms with van der Waals surface area (Å²) < 4.78 is 27.5. The summed E-state index contributed by atoms with van der Waals surface area (Å²) in [5.41, 5.74) is 2.15. The quantitative estimate of drug-likeness (QED) is 0.459. The van der Waals surface area contributed by atoms with Crippen molar-refractivity contribution in [2.45, 2.75) is 38.0 Å². The van der Waals surface area contributed by atoms with Crippen LogP contribution >= 0.6 is 0 Å². The van der Waals surface area contributed by atoms with E-state index in [9.17, 15) is 8.42 Å². The molecule has 0 amide bonds. The van der Waals surface area contributed by atoms with Gasteiger partial charge in [-0.25, -0.2) is 18.1 Å². The fourth-order valence-electron chi connectivity index (χ4n) is 2.82. The molecule has 9 heteroatoms.